The van der Waals surface area contributed by atoms with Crippen LogP contribution >= 0.6 is 0 Å². The van der Waals surface area contributed by atoms with Crippen molar-refractivity contribution >= 4 is 0 Å². The first-order valence-electron chi connectivity index (χ1n) is 5.44. The summed E-state index contributed by atoms with van der Waals surface area (Å²) in [7, 11) is 0. The van der Waals surface area contributed by atoms with Crippen molar-refractivity contribution in [3.8, 4) is 0 Å². The maximum absolute atomic E-state index is 8.62. The number of hydrogen-bond donors (Lipinski definition) is 1. The minimum Gasteiger partial charge on any atom is -0.396 e. The highest BCUT2D eigenvalue weighted by atomic mass is 16.5. The van der Waals surface area contributed by atoms with E-state index in [0.29, 0.717) is 6.10 Å². The van der Waals surface area contributed by atoms with E-state index >= 15 is 0 Å². The molecule has 0 radical (unpaired) electrons. The standard InChI is InChI=1S/C11H22O2/c1-9-6-10(2)8-11(7-9)13-5-3-4-12/h9-12H,3-8H2,1-2H3. The third kappa shape index (κ3) is 4.10. The van der Waals surface area contributed by atoms with Gasteiger partial charge in [-0.3, -0.25) is 0 Å². The Morgan fingerprint density at radius 3 is 2.31 bits per heavy atom. The molecule has 1 aliphatic rings. The summed E-state index contributed by atoms with van der Waals surface area (Å²) in [6.07, 6.45) is 4.98. The molecular weight excluding hydrogens is 164 g/mol. The Morgan fingerprint density at radius 2 is 1.77 bits per heavy atom. The third-order valence-electron chi connectivity index (χ3n) is 2.79. The summed E-state index contributed by atoms with van der Waals surface area (Å²) >= 11 is 0. The van der Waals surface area contributed by atoms with Crippen molar-refractivity contribution in [3.05, 3.63) is 0 Å². The van der Waals surface area contributed by atoms with E-state index in [9.17, 15) is 0 Å². The summed E-state index contributed by atoms with van der Waals surface area (Å²) < 4.78 is 5.70. The van der Waals surface area contributed by atoms with Gasteiger partial charge >= 0.3 is 0 Å². The van der Waals surface area contributed by atoms with Crippen LogP contribution in [-0.2, 0) is 4.74 Å². The van der Waals surface area contributed by atoms with Gasteiger partial charge in [-0.1, -0.05) is 13.8 Å². The SMILES string of the molecule is CC1CC(C)CC(OCCCO)C1. The maximum atomic E-state index is 8.62. The van der Waals surface area contributed by atoms with Crippen molar-refractivity contribution in [1.82, 2.24) is 0 Å². The van der Waals surface area contributed by atoms with E-state index in [4.69, 9.17) is 9.84 Å². The van der Waals surface area contributed by atoms with Gasteiger partial charge in [-0.05, 0) is 37.5 Å². The summed E-state index contributed by atoms with van der Waals surface area (Å²) in [6.45, 7) is 5.58. The molecule has 1 aliphatic carbocycles. The average Bonchev–Trinajstić information content (AvgIpc) is 2.03. The molecule has 1 saturated carbocycles. The fourth-order valence-electron chi connectivity index (χ4n) is 2.32. The molecule has 1 N–H and O–H groups in total. The van der Waals surface area contributed by atoms with E-state index in [0.717, 1.165) is 24.9 Å². The molecule has 0 aromatic heterocycles. The first-order chi connectivity index (χ1) is 6.22. The summed E-state index contributed by atoms with van der Waals surface area (Å²) in [6, 6.07) is 0. The summed E-state index contributed by atoms with van der Waals surface area (Å²) in [5.74, 6) is 1.62. The largest absolute Gasteiger partial charge is 0.396 e. The van der Waals surface area contributed by atoms with Crippen LogP contribution in [0.1, 0.15) is 39.5 Å². The van der Waals surface area contributed by atoms with E-state index in [1.807, 2.05) is 0 Å². The zero-order chi connectivity index (χ0) is 9.68. The van der Waals surface area contributed by atoms with E-state index in [1.165, 1.54) is 19.3 Å². The molecule has 0 amide bonds. The van der Waals surface area contributed by atoms with Crippen molar-refractivity contribution in [2.24, 2.45) is 11.8 Å². The van der Waals surface area contributed by atoms with Gasteiger partial charge in [0.25, 0.3) is 0 Å². The van der Waals surface area contributed by atoms with Gasteiger partial charge in [0, 0.05) is 13.2 Å². The monoisotopic (exact) mass is 186 g/mol. The predicted molar refractivity (Wildman–Crippen MR) is 53.6 cm³/mol. The molecule has 0 saturated heterocycles. The zero-order valence-corrected chi connectivity index (χ0v) is 8.83. The Balaban J connectivity index is 2.17. The normalized spacial score (nSPS) is 34.8. The molecule has 2 heteroatoms. The molecule has 1 fully saturated rings. The van der Waals surface area contributed by atoms with Gasteiger partial charge in [0.1, 0.15) is 0 Å². The second kappa shape index (κ2) is 5.61. The van der Waals surface area contributed by atoms with Gasteiger partial charge in [0.05, 0.1) is 6.10 Å². The van der Waals surface area contributed by atoms with Gasteiger partial charge in [-0.15, -0.1) is 0 Å². The van der Waals surface area contributed by atoms with Gasteiger partial charge in [-0.25, -0.2) is 0 Å². The molecule has 1 rings (SSSR count). The molecular formula is C11H22O2. The minimum atomic E-state index is 0.248. The minimum absolute atomic E-state index is 0.248. The van der Waals surface area contributed by atoms with E-state index < -0.39 is 0 Å². The molecule has 13 heavy (non-hydrogen) atoms. The first-order valence-corrected chi connectivity index (χ1v) is 5.44. The highest BCUT2D eigenvalue weighted by molar-refractivity contribution is 4.75. The van der Waals surface area contributed by atoms with Crippen LogP contribution in [0.25, 0.3) is 0 Å². The second-order valence-electron chi connectivity index (χ2n) is 4.49. The first kappa shape index (κ1) is 11.0. The lowest BCUT2D eigenvalue weighted by Gasteiger charge is -2.31. The highest BCUT2D eigenvalue weighted by Crippen LogP contribution is 2.30. The summed E-state index contributed by atoms with van der Waals surface area (Å²) in [4.78, 5) is 0. The van der Waals surface area contributed by atoms with Crippen LogP contribution in [-0.4, -0.2) is 24.4 Å². The van der Waals surface area contributed by atoms with Crippen molar-refractivity contribution in [1.29, 1.82) is 0 Å². The van der Waals surface area contributed by atoms with Crippen LogP contribution in [0.4, 0.5) is 0 Å². The zero-order valence-electron chi connectivity index (χ0n) is 8.83. The molecule has 0 aliphatic heterocycles. The Hall–Kier alpha value is -0.0800. The van der Waals surface area contributed by atoms with Crippen molar-refractivity contribution in [2.45, 2.75) is 45.6 Å². The number of aliphatic hydroxyl groups excluding tert-OH is 1. The molecule has 0 spiro atoms. The molecule has 2 nitrogen and oxygen atoms in total. The lowest BCUT2D eigenvalue weighted by atomic mass is 9.82. The predicted octanol–water partition coefficient (Wildman–Crippen LogP) is 2.21. The van der Waals surface area contributed by atoms with Crippen LogP contribution in [0, 0.1) is 11.8 Å². The molecule has 0 bridgehead atoms. The van der Waals surface area contributed by atoms with Crippen LogP contribution in [0.3, 0.4) is 0 Å². The molecule has 2 atom stereocenters. The number of hydrogen-bond acceptors (Lipinski definition) is 2. The maximum Gasteiger partial charge on any atom is 0.0580 e. The van der Waals surface area contributed by atoms with E-state index in [-0.39, 0.29) is 6.61 Å². The lowest BCUT2D eigenvalue weighted by molar-refractivity contribution is -0.00406. The van der Waals surface area contributed by atoms with Crippen molar-refractivity contribution < 1.29 is 9.84 Å². The van der Waals surface area contributed by atoms with Gasteiger partial charge < -0.3 is 9.84 Å². The third-order valence-corrected chi connectivity index (χ3v) is 2.79. The Bertz CT molecular complexity index is 126. The highest BCUT2D eigenvalue weighted by Gasteiger charge is 2.23. The van der Waals surface area contributed by atoms with E-state index in [1.54, 1.807) is 0 Å². The number of ether oxygens (including phenoxy) is 1. The van der Waals surface area contributed by atoms with Gasteiger partial charge in [0.2, 0.25) is 0 Å². The summed E-state index contributed by atoms with van der Waals surface area (Å²) in [5.41, 5.74) is 0. The topological polar surface area (TPSA) is 29.5 Å². The Morgan fingerprint density at radius 1 is 1.15 bits per heavy atom. The van der Waals surface area contributed by atoms with Crippen LogP contribution in [0.15, 0.2) is 0 Å². The van der Waals surface area contributed by atoms with Crippen LogP contribution < -0.4 is 0 Å². The molecule has 0 heterocycles. The molecule has 0 aromatic carbocycles. The van der Waals surface area contributed by atoms with Crippen molar-refractivity contribution in [2.75, 3.05) is 13.2 Å². The smallest absolute Gasteiger partial charge is 0.0580 e. The van der Waals surface area contributed by atoms with Gasteiger partial charge in [-0.2, -0.15) is 0 Å². The average molecular weight is 186 g/mol. The molecule has 0 aromatic rings. The molecule has 2 unspecified atom stereocenters. The number of aliphatic hydroxyl groups is 1. The quantitative estimate of drug-likeness (QED) is 0.682. The lowest BCUT2D eigenvalue weighted by Crippen LogP contribution is -2.26. The summed E-state index contributed by atoms with van der Waals surface area (Å²) in [5, 5.41) is 8.62. The van der Waals surface area contributed by atoms with Gasteiger partial charge in [0.15, 0.2) is 0 Å². The molecule has 78 valence electrons. The second-order valence-corrected chi connectivity index (χ2v) is 4.49. The van der Waals surface area contributed by atoms with Crippen LogP contribution in [0.2, 0.25) is 0 Å². The fraction of sp³-hybridized carbons (Fsp3) is 1.00. The Labute approximate surface area is 81.3 Å². The number of rotatable bonds is 4. The van der Waals surface area contributed by atoms with E-state index in [2.05, 4.69) is 13.8 Å². The fourth-order valence-corrected chi connectivity index (χ4v) is 2.32. The van der Waals surface area contributed by atoms with Crippen LogP contribution in [0.5, 0.6) is 0 Å². The van der Waals surface area contributed by atoms with Crippen molar-refractivity contribution in [3.63, 3.8) is 0 Å². The Kier molecular flexibility index (Phi) is 4.74.